The van der Waals surface area contributed by atoms with Crippen molar-refractivity contribution in [2.24, 2.45) is 0 Å². The maximum absolute atomic E-state index is 13.0. The molecule has 3 heterocycles. The number of carbonyl (C=O) groups is 2. The molecule has 12 heteroatoms. The van der Waals surface area contributed by atoms with Gasteiger partial charge in [0.2, 0.25) is 0 Å². The van der Waals surface area contributed by atoms with Crippen LogP contribution in [0.5, 0.6) is 0 Å². The molecule has 7 rings (SSSR count). The SMILES string of the molecule is Nc1nccn2c(C34CCC(C(=O)O)=C(C3)C4)nc(-c3ccc(C(=O)Nc4cc(C(F)(F)F)ccn4)cc3)c12. The maximum Gasteiger partial charge on any atom is 0.416 e. The highest BCUT2D eigenvalue weighted by atomic mass is 19.4. The van der Waals surface area contributed by atoms with E-state index < -0.39 is 23.6 Å². The first-order valence-corrected chi connectivity index (χ1v) is 12.1. The van der Waals surface area contributed by atoms with Gasteiger partial charge in [0.25, 0.3) is 5.91 Å². The lowest BCUT2D eigenvalue weighted by Crippen LogP contribution is -2.43. The lowest BCUT2D eigenvalue weighted by Gasteiger charge is -2.47. The van der Waals surface area contributed by atoms with E-state index in [0.29, 0.717) is 48.0 Å². The number of carboxylic acids is 1. The molecule has 2 bridgehead atoms. The van der Waals surface area contributed by atoms with Crippen LogP contribution in [0.3, 0.4) is 0 Å². The van der Waals surface area contributed by atoms with E-state index in [9.17, 15) is 27.9 Å². The van der Waals surface area contributed by atoms with E-state index in [2.05, 4.69) is 15.3 Å². The second-order valence-corrected chi connectivity index (χ2v) is 9.80. The topological polar surface area (TPSA) is 136 Å². The molecule has 3 aliphatic carbocycles. The minimum absolute atomic E-state index is 0.214. The van der Waals surface area contributed by atoms with Crippen molar-refractivity contribution in [3.05, 3.63) is 83.1 Å². The molecule has 1 fully saturated rings. The van der Waals surface area contributed by atoms with E-state index in [1.165, 1.54) is 12.1 Å². The van der Waals surface area contributed by atoms with Crippen LogP contribution in [-0.2, 0) is 16.4 Å². The molecule has 0 radical (unpaired) electrons. The summed E-state index contributed by atoms with van der Waals surface area (Å²) in [5.74, 6) is -0.638. The van der Waals surface area contributed by atoms with Crippen molar-refractivity contribution in [3.8, 4) is 11.3 Å². The molecule has 0 spiro atoms. The highest BCUT2D eigenvalue weighted by Crippen LogP contribution is 2.56. The molecule has 1 amide bonds. The number of anilines is 2. The average molecular weight is 534 g/mol. The normalized spacial score (nSPS) is 16.2. The van der Waals surface area contributed by atoms with Gasteiger partial charge in [-0.05, 0) is 49.9 Å². The third kappa shape index (κ3) is 4.08. The van der Waals surface area contributed by atoms with Crippen LogP contribution in [-0.4, -0.2) is 36.3 Å². The second-order valence-electron chi connectivity index (χ2n) is 9.80. The van der Waals surface area contributed by atoms with Crippen LogP contribution in [0.15, 0.2) is 66.1 Å². The number of aliphatic carboxylic acids is 1. The van der Waals surface area contributed by atoms with Crippen molar-refractivity contribution in [2.75, 3.05) is 11.1 Å². The van der Waals surface area contributed by atoms with Gasteiger partial charge in [-0.3, -0.25) is 9.20 Å². The Kier molecular flexibility index (Phi) is 5.45. The third-order valence-corrected chi connectivity index (χ3v) is 7.45. The molecule has 1 aromatic carbocycles. The quantitative estimate of drug-likeness (QED) is 0.333. The first-order chi connectivity index (χ1) is 18.6. The molecule has 0 atom stereocenters. The molecule has 198 valence electrons. The largest absolute Gasteiger partial charge is 0.478 e. The van der Waals surface area contributed by atoms with Crippen molar-refractivity contribution in [1.82, 2.24) is 19.4 Å². The summed E-state index contributed by atoms with van der Waals surface area (Å²) in [5, 5.41) is 11.8. The molecule has 4 aromatic rings. The van der Waals surface area contributed by atoms with Gasteiger partial charge in [-0.25, -0.2) is 19.7 Å². The molecule has 3 aliphatic rings. The highest BCUT2D eigenvalue weighted by molar-refractivity contribution is 6.04. The van der Waals surface area contributed by atoms with E-state index in [1.54, 1.807) is 24.5 Å². The van der Waals surface area contributed by atoms with Gasteiger partial charge in [-0.1, -0.05) is 17.7 Å². The zero-order valence-electron chi connectivity index (χ0n) is 20.3. The summed E-state index contributed by atoms with van der Waals surface area (Å²) in [6.45, 7) is 0. The zero-order valence-corrected chi connectivity index (χ0v) is 20.3. The molecule has 9 nitrogen and oxygen atoms in total. The number of hydrogen-bond acceptors (Lipinski definition) is 6. The van der Waals surface area contributed by atoms with Gasteiger partial charge >= 0.3 is 12.1 Å². The van der Waals surface area contributed by atoms with Crippen LogP contribution in [0.2, 0.25) is 0 Å². The predicted octanol–water partition coefficient (Wildman–Crippen LogP) is 4.85. The summed E-state index contributed by atoms with van der Waals surface area (Å²) in [5.41, 5.74) is 8.54. The fourth-order valence-electron chi connectivity index (χ4n) is 5.51. The molecule has 4 N–H and O–H groups in total. The lowest BCUT2D eigenvalue weighted by molar-refractivity contribution is -0.137. The van der Waals surface area contributed by atoms with Crippen molar-refractivity contribution in [1.29, 1.82) is 0 Å². The molecule has 3 aromatic heterocycles. The summed E-state index contributed by atoms with van der Waals surface area (Å²) in [6.07, 6.45) is 2.17. The fraction of sp³-hybridized carbons (Fsp3) is 0.222. The fourth-order valence-corrected chi connectivity index (χ4v) is 5.51. The Morgan fingerprint density at radius 2 is 1.82 bits per heavy atom. The van der Waals surface area contributed by atoms with Gasteiger partial charge in [0, 0.05) is 40.7 Å². The number of aromatic nitrogens is 4. The van der Waals surface area contributed by atoms with E-state index >= 15 is 0 Å². The average Bonchev–Trinajstić information content (AvgIpc) is 3.29. The maximum atomic E-state index is 13.0. The first-order valence-electron chi connectivity index (χ1n) is 12.1. The van der Waals surface area contributed by atoms with Gasteiger partial charge < -0.3 is 16.2 Å². The number of halogens is 3. The minimum atomic E-state index is -4.56. The Morgan fingerprint density at radius 1 is 1.08 bits per heavy atom. The minimum Gasteiger partial charge on any atom is -0.478 e. The highest BCUT2D eigenvalue weighted by Gasteiger charge is 2.50. The van der Waals surface area contributed by atoms with Gasteiger partial charge in [-0.2, -0.15) is 13.2 Å². The molecule has 39 heavy (non-hydrogen) atoms. The number of hydrogen-bond donors (Lipinski definition) is 3. The zero-order chi connectivity index (χ0) is 27.5. The van der Waals surface area contributed by atoms with Crippen molar-refractivity contribution >= 4 is 29.0 Å². The number of nitrogens with zero attached hydrogens (tertiary/aromatic N) is 4. The van der Waals surface area contributed by atoms with Crippen LogP contribution in [0, 0.1) is 0 Å². The van der Waals surface area contributed by atoms with Crippen LogP contribution < -0.4 is 11.1 Å². The number of benzene rings is 1. The third-order valence-electron chi connectivity index (χ3n) is 7.45. The molecular weight excluding hydrogens is 513 g/mol. The molecule has 0 saturated heterocycles. The molecule has 0 aliphatic heterocycles. The lowest BCUT2D eigenvalue weighted by atomic mass is 9.57. The number of rotatable bonds is 5. The standard InChI is InChI=1S/C27H21F3N6O3/c28-27(29,30)17-6-8-32-19(11-17)34-23(37)15-3-1-14(2-4-15)20-21-22(31)33-9-10-36(21)25(35-20)26-7-5-18(24(38)39)16(12-26)13-26/h1-4,6,8-11H,5,7,12-13H2,(H2,31,33)(H,38,39)(H,32,34,37). The molecule has 0 unspecified atom stereocenters. The Balaban J connectivity index is 1.31. The number of alkyl halides is 3. The van der Waals surface area contributed by atoms with Gasteiger partial charge in [0.05, 0.1) is 5.56 Å². The van der Waals surface area contributed by atoms with Gasteiger partial charge in [-0.15, -0.1) is 0 Å². The molecule has 1 saturated carbocycles. The van der Waals surface area contributed by atoms with Crippen LogP contribution >= 0.6 is 0 Å². The number of imidazole rings is 1. The number of amides is 1. The van der Waals surface area contributed by atoms with Crippen LogP contribution in [0.4, 0.5) is 24.8 Å². The first kappa shape index (κ1) is 24.6. The summed E-state index contributed by atoms with van der Waals surface area (Å²) in [6, 6.07) is 8.04. The second kappa shape index (κ2) is 8.65. The Bertz CT molecular complexity index is 1680. The predicted molar refractivity (Wildman–Crippen MR) is 135 cm³/mol. The van der Waals surface area contributed by atoms with Gasteiger partial charge in [0.15, 0.2) is 0 Å². The number of carbonyl (C=O) groups excluding carboxylic acids is 1. The van der Waals surface area contributed by atoms with Crippen LogP contribution in [0.1, 0.15) is 47.4 Å². The summed E-state index contributed by atoms with van der Waals surface area (Å²) < 4.78 is 40.8. The van der Waals surface area contributed by atoms with Gasteiger partial charge in [0.1, 0.15) is 28.7 Å². The summed E-state index contributed by atoms with van der Waals surface area (Å²) >= 11 is 0. The van der Waals surface area contributed by atoms with E-state index in [1.807, 2.05) is 4.40 Å². The number of allylic oxidation sites excluding steroid dienone is 1. The van der Waals surface area contributed by atoms with E-state index in [0.717, 1.165) is 29.7 Å². The number of nitrogens with two attached hydrogens (primary N) is 1. The monoisotopic (exact) mass is 534 g/mol. The summed E-state index contributed by atoms with van der Waals surface area (Å²) in [4.78, 5) is 37.2. The van der Waals surface area contributed by atoms with E-state index in [-0.39, 0.29) is 22.6 Å². The number of nitrogen functional groups attached to an aromatic ring is 1. The smallest absolute Gasteiger partial charge is 0.416 e. The Morgan fingerprint density at radius 3 is 2.46 bits per heavy atom. The van der Waals surface area contributed by atoms with Crippen LogP contribution in [0.25, 0.3) is 16.8 Å². The van der Waals surface area contributed by atoms with Crippen molar-refractivity contribution < 1.29 is 27.9 Å². The molecular formula is C27H21F3N6O3. The number of pyridine rings is 1. The summed E-state index contributed by atoms with van der Waals surface area (Å²) in [7, 11) is 0. The van der Waals surface area contributed by atoms with E-state index in [4.69, 9.17) is 10.7 Å². The number of fused-ring (bicyclic) bond motifs is 3. The number of nitrogens with one attached hydrogen (secondary N) is 1. The number of carboxylic acid groups (broad SMARTS) is 1. The Hall–Kier alpha value is -4.74. The van der Waals surface area contributed by atoms with Crippen molar-refractivity contribution in [3.63, 3.8) is 0 Å². The van der Waals surface area contributed by atoms with Crippen molar-refractivity contribution in [2.45, 2.75) is 37.3 Å². The Labute approximate surface area is 219 Å².